The van der Waals surface area contributed by atoms with E-state index < -0.39 is 0 Å². The summed E-state index contributed by atoms with van der Waals surface area (Å²) in [6.07, 6.45) is 0. The van der Waals surface area contributed by atoms with E-state index in [0.29, 0.717) is 19.0 Å². The van der Waals surface area contributed by atoms with Crippen LogP contribution in [0.3, 0.4) is 0 Å². The van der Waals surface area contributed by atoms with E-state index in [9.17, 15) is 9.59 Å². The van der Waals surface area contributed by atoms with Crippen molar-refractivity contribution in [3.05, 3.63) is 34.9 Å². The van der Waals surface area contributed by atoms with Crippen molar-refractivity contribution in [2.45, 2.75) is 19.9 Å². The minimum absolute atomic E-state index is 0.0647. The van der Waals surface area contributed by atoms with Gasteiger partial charge in [0.15, 0.2) is 5.96 Å². The van der Waals surface area contributed by atoms with Crippen LogP contribution in [0, 0.1) is 0 Å². The van der Waals surface area contributed by atoms with Gasteiger partial charge in [0.1, 0.15) is 0 Å². The van der Waals surface area contributed by atoms with E-state index in [0.717, 1.165) is 23.7 Å². The number of aliphatic imine (C=N–C) groups is 1. The lowest BCUT2D eigenvalue weighted by molar-refractivity contribution is -0.124. The van der Waals surface area contributed by atoms with Gasteiger partial charge < -0.3 is 16.0 Å². The van der Waals surface area contributed by atoms with Crippen molar-refractivity contribution in [2.75, 3.05) is 46.3 Å². The highest BCUT2D eigenvalue weighted by molar-refractivity contribution is 6.31. The Labute approximate surface area is 171 Å². The molecule has 1 atom stereocenters. The van der Waals surface area contributed by atoms with Gasteiger partial charge in [0, 0.05) is 31.7 Å². The highest BCUT2D eigenvalue weighted by atomic mass is 35.5. The molecule has 1 unspecified atom stereocenters. The molecule has 3 amide bonds. The lowest BCUT2D eigenvalue weighted by Crippen LogP contribution is -2.46. The summed E-state index contributed by atoms with van der Waals surface area (Å²) < 4.78 is 0. The minimum atomic E-state index is -0.352. The van der Waals surface area contributed by atoms with Crippen LogP contribution >= 0.6 is 11.6 Å². The molecule has 2 rings (SSSR count). The van der Waals surface area contributed by atoms with Gasteiger partial charge in [0.05, 0.1) is 12.6 Å². The van der Waals surface area contributed by atoms with Crippen molar-refractivity contribution in [2.24, 2.45) is 4.99 Å². The maximum Gasteiger partial charge on any atom is 0.324 e. The van der Waals surface area contributed by atoms with E-state index in [1.807, 2.05) is 24.3 Å². The Balaban J connectivity index is 1.95. The predicted molar refractivity (Wildman–Crippen MR) is 112 cm³/mol. The molecule has 8 nitrogen and oxygen atoms in total. The third-order valence-corrected chi connectivity index (χ3v) is 5.11. The molecule has 0 spiro atoms. The number of hydrogen-bond donors (Lipinski definition) is 3. The maximum absolute atomic E-state index is 11.6. The zero-order valence-corrected chi connectivity index (χ0v) is 17.4. The van der Waals surface area contributed by atoms with Crippen LogP contribution in [-0.2, 0) is 4.79 Å². The average molecular weight is 409 g/mol. The first-order valence-corrected chi connectivity index (χ1v) is 9.90. The Morgan fingerprint density at radius 1 is 1.29 bits per heavy atom. The number of nitrogens with one attached hydrogen (secondary N) is 3. The van der Waals surface area contributed by atoms with Crippen molar-refractivity contribution in [1.82, 2.24) is 25.8 Å². The van der Waals surface area contributed by atoms with E-state index in [2.05, 4.69) is 39.7 Å². The molecule has 3 N–H and O–H groups in total. The summed E-state index contributed by atoms with van der Waals surface area (Å²) in [5.41, 5.74) is 1.06. The Morgan fingerprint density at radius 2 is 2.00 bits per heavy atom. The third kappa shape index (κ3) is 5.59. The van der Waals surface area contributed by atoms with Gasteiger partial charge in [0.25, 0.3) is 0 Å². The van der Waals surface area contributed by atoms with Gasteiger partial charge in [-0.05, 0) is 24.7 Å². The molecular weight excluding hydrogens is 380 g/mol. The number of urea groups is 1. The Kier molecular flexibility index (Phi) is 8.53. The summed E-state index contributed by atoms with van der Waals surface area (Å²) in [5, 5.41) is 9.72. The first-order valence-electron chi connectivity index (χ1n) is 9.52. The molecule has 1 saturated heterocycles. The summed E-state index contributed by atoms with van der Waals surface area (Å²) in [6, 6.07) is 7.60. The number of guanidine groups is 1. The van der Waals surface area contributed by atoms with Crippen molar-refractivity contribution >= 4 is 29.5 Å². The smallest absolute Gasteiger partial charge is 0.324 e. The second-order valence-electron chi connectivity index (χ2n) is 6.34. The molecule has 1 heterocycles. The molecule has 1 aromatic carbocycles. The molecule has 1 aliphatic rings. The Bertz CT molecular complexity index is 691. The topological polar surface area (TPSA) is 89.1 Å². The van der Waals surface area contributed by atoms with Crippen molar-refractivity contribution in [3.8, 4) is 0 Å². The minimum Gasteiger partial charge on any atom is -0.355 e. The van der Waals surface area contributed by atoms with Crippen LogP contribution in [0.2, 0.25) is 5.02 Å². The Hall–Kier alpha value is -2.32. The van der Waals surface area contributed by atoms with Gasteiger partial charge in [-0.2, -0.15) is 0 Å². The molecule has 0 saturated carbocycles. The average Bonchev–Trinajstić information content (AvgIpc) is 3.02. The zero-order chi connectivity index (χ0) is 20.5. The number of likely N-dealkylation sites (N-methyl/N-ethyl adjacent to an activating group) is 1. The molecule has 154 valence electrons. The van der Waals surface area contributed by atoms with Gasteiger partial charge >= 0.3 is 6.03 Å². The summed E-state index contributed by atoms with van der Waals surface area (Å²) in [4.78, 5) is 31.0. The lowest BCUT2D eigenvalue weighted by Gasteiger charge is -2.31. The fourth-order valence-electron chi connectivity index (χ4n) is 3.23. The standard InChI is InChI=1S/C19H29ClN6O2/c1-4-25(5-2)16(14-8-6-7-9-15(14)20)12-23-18(21-3)22-10-11-26-17(27)13-24-19(26)28/h6-9,16H,4-5,10-13H2,1-3H3,(H,24,28)(H2,21,22,23). The molecular formula is C19H29ClN6O2. The number of benzene rings is 1. The fourth-order valence-corrected chi connectivity index (χ4v) is 3.49. The van der Waals surface area contributed by atoms with Crippen molar-refractivity contribution in [1.29, 1.82) is 0 Å². The molecule has 9 heteroatoms. The normalized spacial score (nSPS) is 15.8. The van der Waals surface area contributed by atoms with Crippen LogP contribution in [0.5, 0.6) is 0 Å². The van der Waals surface area contributed by atoms with Crippen LogP contribution in [0.1, 0.15) is 25.5 Å². The molecule has 28 heavy (non-hydrogen) atoms. The van der Waals surface area contributed by atoms with Crippen LogP contribution in [0.25, 0.3) is 0 Å². The van der Waals surface area contributed by atoms with Gasteiger partial charge in [0.2, 0.25) is 5.91 Å². The van der Waals surface area contributed by atoms with Gasteiger partial charge in [-0.1, -0.05) is 43.6 Å². The summed E-state index contributed by atoms with van der Waals surface area (Å²) >= 11 is 6.43. The number of halogens is 1. The predicted octanol–water partition coefficient (Wildman–Crippen LogP) is 1.44. The number of rotatable bonds is 9. The fraction of sp³-hybridized carbons (Fsp3) is 0.526. The summed E-state index contributed by atoms with van der Waals surface area (Å²) in [5.74, 6) is 0.395. The molecule has 0 aromatic heterocycles. The molecule has 1 fully saturated rings. The second kappa shape index (κ2) is 10.9. The quantitative estimate of drug-likeness (QED) is 0.327. The van der Waals surface area contributed by atoms with Crippen LogP contribution in [0.15, 0.2) is 29.3 Å². The largest absolute Gasteiger partial charge is 0.355 e. The van der Waals surface area contributed by atoms with Crippen LogP contribution < -0.4 is 16.0 Å². The number of nitrogens with zero attached hydrogens (tertiary/aromatic N) is 3. The van der Waals surface area contributed by atoms with E-state index >= 15 is 0 Å². The maximum atomic E-state index is 11.6. The number of carbonyl (C=O) groups excluding carboxylic acids is 2. The van der Waals surface area contributed by atoms with E-state index in [1.54, 1.807) is 7.05 Å². The monoisotopic (exact) mass is 408 g/mol. The van der Waals surface area contributed by atoms with E-state index in [4.69, 9.17) is 11.6 Å². The molecule has 1 aliphatic heterocycles. The second-order valence-corrected chi connectivity index (χ2v) is 6.75. The number of amides is 3. The number of carbonyl (C=O) groups is 2. The van der Waals surface area contributed by atoms with Crippen molar-refractivity contribution < 1.29 is 9.59 Å². The molecule has 1 aromatic rings. The van der Waals surface area contributed by atoms with Crippen LogP contribution in [0.4, 0.5) is 4.79 Å². The van der Waals surface area contributed by atoms with Gasteiger partial charge in [-0.15, -0.1) is 0 Å². The Morgan fingerprint density at radius 3 is 2.57 bits per heavy atom. The van der Waals surface area contributed by atoms with Crippen LogP contribution in [-0.4, -0.2) is 74.0 Å². The summed E-state index contributed by atoms with van der Waals surface area (Å²) in [7, 11) is 1.69. The van der Waals surface area contributed by atoms with Gasteiger partial charge in [-0.25, -0.2) is 4.79 Å². The number of imide groups is 1. The first-order chi connectivity index (χ1) is 13.5. The summed E-state index contributed by atoms with van der Waals surface area (Å²) in [6.45, 7) is 7.43. The SMILES string of the molecule is CCN(CC)C(CNC(=NC)NCCN1C(=O)CNC1=O)c1ccccc1Cl. The van der Waals surface area contributed by atoms with Gasteiger partial charge in [-0.3, -0.25) is 19.6 Å². The van der Waals surface area contributed by atoms with E-state index in [1.165, 1.54) is 4.90 Å². The zero-order valence-electron chi connectivity index (χ0n) is 16.7. The van der Waals surface area contributed by atoms with E-state index in [-0.39, 0.29) is 31.1 Å². The highest BCUT2D eigenvalue weighted by Crippen LogP contribution is 2.26. The lowest BCUT2D eigenvalue weighted by atomic mass is 10.0. The highest BCUT2D eigenvalue weighted by Gasteiger charge is 2.27. The number of hydrogen-bond acceptors (Lipinski definition) is 4. The van der Waals surface area contributed by atoms with Crippen molar-refractivity contribution in [3.63, 3.8) is 0 Å². The molecule has 0 aliphatic carbocycles. The molecule has 0 radical (unpaired) electrons. The molecule has 0 bridgehead atoms. The third-order valence-electron chi connectivity index (χ3n) is 4.77. The first kappa shape index (κ1) is 22.0.